The largest absolute Gasteiger partial charge is 0.497 e. The van der Waals surface area contributed by atoms with E-state index in [0.717, 1.165) is 0 Å². The van der Waals surface area contributed by atoms with Gasteiger partial charge >= 0.3 is 11.9 Å². The highest BCUT2D eigenvalue weighted by Crippen LogP contribution is 2.33. The van der Waals surface area contributed by atoms with Crippen LogP contribution in [0.1, 0.15) is 56.6 Å². The van der Waals surface area contributed by atoms with Crippen molar-refractivity contribution in [3.63, 3.8) is 0 Å². The van der Waals surface area contributed by atoms with E-state index < -0.39 is 48.5 Å². The number of amides is 1. The summed E-state index contributed by atoms with van der Waals surface area (Å²) in [5.74, 6) is -2.51. The summed E-state index contributed by atoms with van der Waals surface area (Å²) in [5.41, 5.74) is 0.211. The Labute approximate surface area is 215 Å². The lowest BCUT2D eigenvalue weighted by atomic mass is 9.84. The summed E-state index contributed by atoms with van der Waals surface area (Å²) in [5, 5.41) is 2.52. The Hall–Kier alpha value is -3.89. The molecule has 2 aromatic rings. The second kappa shape index (κ2) is 13.4. The van der Waals surface area contributed by atoms with Crippen molar-refractivity contribution < 1.29 is 42.5 Å². The number of halogens is 1. The highest BCUT2D eigenvalue weighted by molar-refractivity contribution is 5.98. The number of hydrogen-bond donors (Lipinski definition) is 1. The van der Waals surface area contributed by atoms with Crippen LogP contribution in [0.4, 0.5) is 4.39 Å². The zero-order valence-electron chi connectivity index (χ0n) is 22.0. The van der Waals surface area contributed by atoms with E-state index in [4.69, 9.17) is 23.7 Å². The van der Waals surface area contributed by atoms with Gasteiger partial charge in [0.25, 0.3) is 5.91 Å². The van der Waals surface area contributed by atoms with Gasteiger partial charge in [-0.25, -0.2) is 14.2 Å². The summed E-state index contributed by atoms with van der Waals surface area (Å²) in [6.45, 7) is 7.66. The molecule has 0 radical (unpaired) electrons. The molecule has 0 unspecified atom stereocenters. The molecule has 1 heterocycles. The second-order valence-electron chi connectivity index (χ2n) is 8.58. The summed E-state index contributed by atoms with van der Waals surface area (Å²) < 4.78 is 40.8. The van der Waals surface area contributed by atoms with E-state index in [2.05, 4.69) is 10.3 Å². The van der Waals surface area contributed by atoms with Crippen LogP contribution in [-0.4, -0.2) is 56.0 Å². The fourth-order valence-electron chi connectivity index (χ4n) is 3.81. The SMILES string of the molecule is COc1ccc([C@H](C(C)C)[C@H](C)OC(=O)[C@H](C)NC(=O)c2nccc(OC)c2OCOC(C)=O)c(F)c1. The van der Waals surface area contributed by atoms with Crippen molar-refractivity contribution >= 4 is 17.8 Å². The average Bonchev–Trinajstić information content (AvgIpc) is 2.84. The molecule has 0 bridgehead atoms. The first-order chi connectivity index (χ1) is 17.5. The van der Waals surface area contributed by atoms with E-state index >= 15 is 0 Å². The molecule has 0 aliphatic carbocycles. The highest BCUT2D eigenvalue weighted by Gasteiger charge is 2.31. The highest BCUT2D eigenvalue weighted by atomic mass is 19.1. The van der Waals surface area contributed by atoms with Crippen LogP contribution in [0.5, 0.6) is 17.2 Å². The van der Waals surface area contributed by atoms with Gasteiger partial charge in [-0.15, -0.1) is 0 Å². The summed E-state index contributed by atoms with van der Waals surface area (Å²) in [6.07, 6.45) is 0.626. The van der Waals surface area contributed by atoms with Gasteiger partial charge in [-0.2, -0.15) is 0 Å². The quantitative estimate of drug-likeness (QED) is 0.330. The summed E-state index contributed by atoms with van der Waals surface area (Å²) in [6, 6.07) is 4.93. The van der Waals surface area contributed by atoms with E-state index in [9.17, 15) is 18.8 Å². The van der Waals surface area contributed by atoms with Crippen molar-refractivity contribution in [3.05, 3.63) is 47.5 Å². The van der Waals surface area contributed by atoms with Crippen molar-refractivity contribution in [3.8, 4) is 17.2 Å². The third-order valence-corrected chi connectivity index (χ3v) is 5.56. The summed E-state index contributed by atoms with van der Waals surface area (Å²) in [7, 11) is 2.82. The molecule has 0 spiro atoms. The molecule has 11 heteroatoms. The van der Waals surface area contributed by atoms with Gasteiger partial charge in [0, 0.05) is 31.2 Å². The van der Waals surface area contributed by atoms with Crippen LogP contribution in [0.3, 0.4) is 0 Å². The van der Waals surface area contributed by atoms with Crippen molar-refractivity contribution in [2.75, 3.05) is 21.0 Å². The molecule has 0 fully saturated rings. The number of pyridine rings is 1. The maximum absolute atomic E-state index is 14.8. The number of rotatable bonds is 12. The lowest BCUT2D eigenvalue weighted by Crippen LogP contribution is -2.42. The molecule has 0 saturated carbocycles. The maximum atomic E-state index is 14.8. The van der Waals surface area contributed by atoms with Crippen molar-refractivity contribution in [2.45, 2.75) is 52.7 Å². The van der Waals surface area contributed by atoms with Crippen molar-refractivity contribution in [1.82, 2.24) is 10.3 Å². The van der Waals surface area contributed by atoms with Crippen molar-refractivity contribution in [2.24, 2.45) is 5.92 Å². The average molecular weight is 521 g/mol. The van der Waals surface area contributed by atoms with Crippen molar-refractivity contribution in [1.29, 1.82) is 0 Å². The number of carbonyl (C=O) groups is 3. The van der Waals surface area contributed by atoms with E-state index in [0.29, 0.717) is 11.3 Å². The Bertz CT molecular complexity index is 1110. The van der Waals surface area contributed by atoms with Crippen LogP contribution >= 0.6 is 0 Å². The molecule has 10 nitrogen and oxygen atoms in total. The van der Waals surface area contributed by atoms with Gasteiger partial charge in [0.2, 0.25) is 6.79 Å². The van der Waals surface area contributed by atoms with Crippen LogP contribution in [-0.2, 0) is 19.1 Å². The number of nitrogens with one attached hydrogen (secondary N) is 1. The van der Waals surface area contributed by atoms with Gasteiger partial charge in [-0.3, -0.25) is 9.59 Å². The van der Waals surface area contributed by atoms with Gasteiger partial charge in [0.05, 0.1) is 14.2 Å². The monoisotopic (exact) mass is 520 g/mol. The zero-order valence-corrected chi connectivity index (χ0v) is 22.0. The van der Waals surface area contributed by atoms with Gasteiger partial charge in [0.1, 0.15) is 23.7 Å². The fraction of sp³-hybridized carbons (Fsp3) is 0.462. The number of benzene rings is 1. The van der Waals surface area contributed by atoms with Crippen LogP contribution < -0.4 is 19.5 Å². The Balaban J connectivity index is 2.14. The third-order valence-electron chi connectivity index (χ3n) is 5.56. The first-order valence-electron chi connectivity index (χ1n) is 11.6. The minimum Gasteiger partial charge on any atom is -0.497 e. The normalized spacial score (nSPS) is 13.2. The lowest BCUT2D eigenvalue weighted by molar-refractivity contribution is -0.152. The van der Waals surface area contributed by atoms with Crippen LogP contribution in [0.25, 0.3) is 0 Å². The number of carbonyl (C=O) groups excluding carboxylic acids is 3. The van der Waals surface area contributed by atoms with E-state index in [1.54, 1.807) is 19.1 Å². The molecule has 1 aromatic heterocycles. The molecular formula is C26H33FN2O8. The second-order valence-corrected chi connectivity index (χ2v) is 8.58. The summed E-state index contributed by atoms with van der Waals surface area (Å²) >= 11 is 0. The van der Waals surface area contributed by atoms with Crippen LogP contribution in [0.15, 0.2) is 30.5 Å². The molecule has 1 amide bonds. The van der Waals surface area contributed by atoms with Gasteiger partial charge in [-0.05, 0) is 31.4 Å². The predicted molar refractivity (Wildman–Crippen MR) is 131 cm³/mol. The Morgan fingerprint density at radius 1 is 1.05 bits per heavy atom. The number of aromatic nitrogens is 1. The molecule has 37 heavy (non-hydrogen) atoms. The van der Waals surface area contributed by atoms with Gasteiger partial charge < -0.3 is 29.0 Å². The number of nitrogens with zero attached hydrogens (tertiary/aromatic N) is 1. The molecule has 0 aliphatic rings. The molecule has 202 valence electrons. The van der Waals surface area contributed by atoms with Gasteiger partial charge in [-0.1, -0.05) is 19.9 Å². The zero-order chi connectivity index (χ0) is 27.7. The standard InChI is InChI=1S/C26H33FN2O8/c1-14(2)22(19-9-8-18(33-6)12-20(19)27)16(4)37-26(32)15(3)29-25(31)23-24(36-13-35-17(5)30)21(34-7)10-11-28-23/h8-12,14-16,22H,13H2,1-7H3,(H,29,31)/t15-,16-,22+/m0/s1. The number of methoxy groups -OCH3 is 2. The van der Waals surface area contributed by atoms with Crippen LogP contribution in [0.2, 0.25) is 0 Å². The molecule has 3 atom stereocenters. The maximum Gasteiger partial charge on any atom is 0.328 e. The smallest absolute Gasteiger partial charge is 0.328 e. The minimum atomic E-state index is -1.07. The minimum absolute atomic E-state index is 0.0616. The lowest BCUT2D eigenvalue weighted by Gasteiger charge is -2.29. The Kier molecular flexibility index (Phi) is 10.6. The number of ether oxygens (including phenoxy) is 5. The molecule has 0 saturated heterocycles. The first-order valence-corrected chi connectivity index (χ1v) is 11.6. The first kappa shape index (κ1) is 29.3. The molecule has 1 N–H and O–H groups in total. The third kappa shape index (κ3) is 7.80. The van der Waals surface area contributed by atoms with E-state index in [1.807, 2.05) is 13.8 Å². The Morgan fingerprint density at radius 2 is 1.76 bits per heavy atom. The molecule has 2 rings (SSSR count). The molecule has 0 aliphatic heterocycles. The number of esters is 2. The van der Waals surface area contributed by atoms with Crippen LogP contribution in [0, 0.1) is 11.7 Å². The van der Waals surface area contributed by atoms with E-state index in [-0.39, 0.29) is 23.1 Å². The molecular weight excluding hydrogens is 487 g/mol. The topological polar surface area (TPSA) is 122 Å². The summed E-state index contributed by atoms with van der Waals surface area (Å²) in [4.78, 5) is 40.8. The van der Waals surface area contributed by atoms with Gasteiger partial charge in [0.15, 0.2) is 17.2 Å². The predicted octanol–water partition coefficient (Wildman–Crippen LogP) is 3.63. The molecule has 1 aromatic carbocycles. The fourth-order valence-corrected chi connectivity index (χ4v) is 3.81. The Morgan fingerprint density at radius 3 is 2.32 bits per heavy atom. The number of hydrogen-bond acceptors (Lipinski definition) is 9. The van der Waals surface area contributed by atoms with E-state index in [1.165, 1.54) is 46.4 Å².